The summed E-state index contributed by atoms with van der Waals surface area (Å²) in [7, 11) is 6.09. The number of anilines is 1. The topological polar surface area (TPSA) is 63.2 Å². The van der Waals surface area contributed by atoms with Gasteiger partial charge in [-0.05, 0) is 73.8 Å². The summed E-state index contributed by atoms with van der Waals surface area (Å²) >= 11 is 0. The van der Waals surface area contributed by atoms with Crippen LogP contribution in [0.2, 0.25) is 0 Å². The fraction of sp³-hybridized carbons (Fsp3) is 0.619. The Morgan fingerprint density at radius 3 is 1.89 bits per heavy atom. The summed E-state index contributed by atoms with van der Waals surface area (Å²) < 4.78 is 14.6. The first-order valence-corrected chi connectivity index (χ1v) is 9.81. The maximum absolute atomic E-state index is 12.8. The molecule has 0 spiro atoms. The van der Waals surface area contributed by atoms with Crippen LogP contribution in [0, 0.1) is 5.95 Å². The van der Waals surface area contributed by atoms with Gasteiger partial charge in [0.1, 0.15) is 5.82 Å². The third kappa shape index (κ3) is 6.56. The van der Waals surface area contributed by atoms with Gasteiger partial charge in [0.05, 0.1) is 11.7 Å². The number of nitrogens with two attached hydrogens (primary N) is 1. The predicted molar refractivity (Wildman–Crippen MR) is 114 cm³/mol. The molecule has 0 saturated heterocycles. The fourth-order valence-corrected chi connectivity index (χ4v) is 2.79. The molecule has 2 rings (SSSR count). The Balaban J connectivity index is 0.000000283. The minimum Gasteiger partial charge on any atom is -0.383 e. The summed E-state index contributed by atoms with van der Waals surface area (Å²) in [5.41, 5.74) is 7.69. The van der Waals surface area contributed by atoms with E-state index in [1.807, 2.05) is 31.9 Å². The Bertz CT molecular complexity index is 727. The van der Waals surface area contributed by atoms with Gasteiger partial charge in [-0.2, -0.15) is 9.49 Å². The van der Waals surface area contributed by atoms with E-state index in [1.165, 1.54) is 6.07 Å². The number of nitrogen functional groups attached to an aromatic ring is 1. The zero-order valence-corrected chi connectivity index (χ0v) is 18.8. The zero-order valence-electron chi connectivity index (χ0n) is 18.8. The summed E-state index contributed by atoms with van der Waals surface area (Å²) in [5, 5.41) is 4.39. The molecule has 2 aromatic heterocycles. The van der Waals surface area contributed by atoms with Crippen LogP contribution in [-0.4, -0.2) is 50.7 Å². The third-order valence-electron chi connectivity index (χ3n) is 5.39. The smallest absolute Gasteiger partial charge is 0.214 e. The second-order valence-electron chi connectivity index (χ2n) is 7.89. The number of aryl methyl sites for hydroxylation is 1. The van der Waals surface area contributed by atoms with Gasteiger partial charge in [-0.3, -0.25) is 14.5 Å². The van der Waals surface area contributed by atoms with Crippen LogP contribution in [0.3, 0.4) is 0 Å². The van der Waals surface area contributed by atoms with E-state index in [9.17, 15) is 4.39 Å². The molecule has 0 aromatic carbocycles. The lowest BCUT2D eigenvalue weighted by molar-refractivity contribution is 0.206. The van der Waals surface area contributed by atoms with Crippen LogP contribution in [0.1, 0.15) is 64.9 Å². The van der Waals surface area contributed by atoms with Crippen LogP contribution < -0.4 is 5.73 Å². The summed E-state index contributed by atoms with van der Waals surface area (Å²) in [6, 6.07) is 6.60. The minimum atomic E-state index is -0.532. The van der Waals surface area contributed by atoms with Crippen LogP contribution in [0.5, 0.6) is 0 Å². The molecule has 0 amide bonds. The second-order valence-corrected chi connectivity index (χ2v) is 7.89. The molecule has 0 bridgehead atoms. The number of hydrogen-bond acceptors (Lipinski definition) is 5. The molecule has 0 fully saturated rings. The van der Waals surface area contributed by atoms with Gasteiger partial charge in [0, 0.05) is 36.9 Å². The van der Waals surface area contributed by atoms with E-state index in [4.69, 9.17) is 5.73 Å². The van der Waals surface area contributed by atoms with E-state index >= 15 is 0 Å². The highest BCUT2D eigenvalue weighted by molar-refractivity contribution is 5.40. The lowest BCUT2D eigenvalue weighted by atomic mass is 10.1. The number of nitrogens with zero attached hydrogens (tertiary/aromatic N) is 5. The van der Waals surface area contributed by atoms with Crippen LogP contribution in [0.25, 0.3) is 0 Å². The first kappa shape index (κ1) is 24.0. The van der Waals surface area contributed by atoms with Gasteiger partial charge < -0.3 is 5.73 Å². The number of halogens is 1. The molecule has 158 valence electrons. The van der Waals surface area contributed by atoms with Gasteiger partial charge in [-0.1, -0.05) is 0 Å². The Labute approximate surface area is 169 Å². The van der Waals surface area contributed by atoms with Crippen LogP contribution in [-0.2, 0) is 7.05 Å². The van der Waals surface area contributed by atoms with Crippen molar-refractivity contribution in [2.75, 3.05) is 19.8 Å². The molecule has 2 aromatic rings. The molecule has 0 radical (unpaired) electrons. The van der Waals surface area contributed by atoms with Crippen molar-refractivity contribution >= 4 is 5.82 Å². The van der Waals surface area contributed by atoms with Crippen molar-refractivity contribution < 1.29 is 4.39 Å². The summed E-state index contributed by atoms with van der Waals surface area (Å²) in [6.07, 6.45) is 1.99. The third-order valence-corrected chi connectivity index (χ3v) is 5.39. The zero-order chi connectivity index (χ0) is 21.6. The number of rotatable bonds is 6. The van der Waals surface area contributed by atoms with Crippen molar-refractivity contribution in [1.29, 1.82) is 0 Å². The lowest BCUT2D eigenvalue weighted by Gasteiger charge is -2.29. The molecule has 28 heavy (non-hydrogen) atoms. The summed E-state index contributed by atoms with van der Waals surface area (Å²) in [4.78, 5) is 8.09. The molecule has 0 saturated carbocycles. The average molecular weight is 393 g/mol. The molecule has 0 aliphatic rings. The first-order chi connectivity index (χ1) is 13.0. The van der Waals surface area contributed by atoms with Crippen molar-refractivity contribution in [3.05, 3.63) is 41.6 Å². The van der Waals surface area contributed by atoms with E-state index < -0.39 is 5.95 Å². The standard InChI is InChI=1S/C11H18FN3.C10H19N3/c1-7(2)15(4)8(3)9-5-6-10(12)14-11(9)13;1-8(2)13(5)9(3)10-6-7-12(4)11-10/h5-8H,1-4H3,(H2,13,14);6-9H,1-5H3. The van der Waals surface area contributed by atoms with E-state index in [2.05, 4.69) is 67.6 Å². The maximum Gasteiger partial charge on any atom is 0.214 e. The molecule has 6 nitrogen and oxygen atoms in total. The van der Waals surface area contributed by atoms with Crippen LogP contribution >= 0.6 is 0 Å². The van der Waals surface area contributed by atoms with Crippen molar-refractivity contribution in [1.82, 2.24) is 24.6 Å². The van der Waals surface area contributed by atoms with Crippen LogP contribution in [0.4, 0.5) is 10.2 Å². The molecule has 2 N–H and O–H groups in total. The highest BCUT2D eigenvalue weighted by Crippen LogP contribution is 2.24. The number of pyridine rings is 1. The van der Waals surface area contributed by atoms with Crippen molar-refractivity contribution in [3.8, 4) is 0 Å². The number of hydrogen-bond donors (Lipinski definition) is 1. The van der Waals surface area contributed by atoms with Gasteiger partial charge in [-0.25, -0.2) is 4.98 Å². The molecule has 2 atom stereocenters. The molecule has 2 unspecified atom stereocenters. The van der Waals surface area contributed by atoms with Crippen LogP contribution in [0.15, 0.2) is 24.4 Å². The molecule has 2 heterocycles. The quantitative estimate of drug-likeness (QED) is 0.752. The van der Waals surface area contributed by atoms with Gasteiger partial charge in [0.2, 0.25) is 5.95 Å². The maximum atomic E-state index is 12.8. The largest absolute Gasteiger partial charge is 0.383 e. The first-order valence-electron chi connectivity index (χ1n) is 9.81. The Kier molecular flexibility index (Phi) is 9.04. The monoisotopic (exact) mass is 392 g/mol. The van der Waals surface area contributed by atoms with Gasteiger partial charge >= 0.3 is 0 Å². The van der Waals surface area contributed by atoms with E-state index in [0.717, 1.165) is 11.3 Å². The molecular weight excluding hydrogens is 355 g/mol. The van der Waals surface area contributed by atoms with Gasteiger partial charge in [0.15, 0.2) is 0 Å². The van der Waals surface area contributed by atoms with Gasteiger partial charge in [-0.15, -0.1) is 0 Å². The fourth-order valence-electron chi connectivity index (χ4n) is 2.79. The lowest BCUT2D eigenvalue weighted by Crippen LogP contribution is -2.29. The van der Waals surface area contributed by atoms with Gasteiger partial charge in [0.25, 0.3) is 0 Å². The Morgan fingerprint density at radius 2 is 1.46 bits per heavy atom. The summed E-state index contributed by atoms with van der Waals surface area (Å²) in [6.45, 7) is 12.8. The number of aromatic nitrogens is 3. The van der Waals surface area contributed by atoms with E-state index in [-0.39, 0.29) is 11.9 Å². The molecule has 0 aliphatic heterocycles. The normalized spacial score (nSPS) is 13.8. The minimum absolute atomic E-state index is 0.137. The summed E-state index contributed by atoms with van der Waals surface area (Å²) in [5.74, 6) is -0.259. The van der Waals surface area contributed by atoms with E-state index in [1.54, 1.807) is 6.07 Å². The highest BCUT2D eigenvalue weighted by Gasteiger charge is 2.17. The average Bonchev–Trinajstić information content (AvgIpc) is 3.06. The second kappa shape index (κ2) is 10.5. The van der Waals surface area contributed by atoms with Crippen molar-refractivity contribution in [2.45, 2.75) is 65.7 Å². The molecule has 0 aliphatic carbocycles. The van der Waals surface area contributed by atoms with Crippen molar-refractivity contribution in [3.63, 3.8) is 0 Å². The molecule has 7 heteroatoms. The van der Waals surface area contributed by atoms with Crippen molar-refractivity contribution in [2.24, 2.45) is 7.05 Å². The van der Waals surface area contributed by atoms with E-state index in [0.29, 0.717) is 18.1 Å². The molecular formula is C21H37FN6. The SMILES string of the molecule is CC(C)N(C)C(C)c1ccc(F)nc1N.CC(C)N(C)C(C)c1ccn(C)n1. The highest BCUT2D eigenvalue weighted by atomic mass is 19.1. The Hall–Kier alpha value is -1.99. The predicted octanol–water partition coefficient (Wildman–Crippen LogP) is 4.03. The Morgan fingerprint density at radius 1 is 0.929 bits per heavy atom.